The Morgan fingerprint density at radius 2 is 2.44 bits per heavy atom. The molecule has 0 aliphatic carbocycles. The molecule has 1 unspecified atom stereocenters. The summed E-state index contributed by atoms with van der Waals surface area (Å²) in [7, 11) is 1.66. The third kappa shape index (κ3) is 3.37. The summed E-state index contributed by atoms with van der Waals surface area (Å²) in [6.45, 7) is 2.68. The van der Waals surface area contributed by atoms with E-state index in [0.29, 0.717) is 23.0 Å². The van der Waals surface area contributed by atoms with Crippen molar-refractivity contribution in [3.05, 3.63) is 22.8 Å². The van der Waals surface area contributed by atoms with E-state index in [9.17, 15) is 0 Å². The number of halogens is 1. The van der Waals surface area contributed by atoms with Crippen LogP contribution in [0.15, 0.2) is 12.3 Å². The van der Waals surface area contributed by atoms with Crippen LogP contribution in [0.5, 0.6) is 0 Å². The molecule has 0 aromatic carbocycles. The summed E-state index contributed by atoms with van der Waals surface area (Å²) in [5, 5.41) is 12.3. The summed E-state index contributed by atoms with van der Waals surface area (Å²) < 4.78 is 4.98. The van der Waals surface area contributed by atoms with E-state index >= 15 is 0 Å². The molecule has 0 aliphatic heterocycles. The highest BCUT2D eigenvalue weighted by atomic mass is 35.5. The zero-order valence-corrected chi connectivity index (χ0v) is 10.1. The minimum Gasteiger partial charge on any atom is -0.385 e. The maximum Gasteiger partial charge on any atom is 0.146 e. The first-order valence-corrected chi connectivity index (χ1v) is 5.37. The first kappa shape index (κ1) is 12.8. The van der Waals surface area contributed by atoms with E-state index in [0.717, 1.165) is 6.42 Å². The lowest BCUT2D eigenvalue weighted by atomic mass is 10.2. The van der Waals surface area contributed by atoms with Crippen molar-refractivity contribution in [3.8, 4) is 6.07 Å². The summed E-state index contributed by atoms with van der Waals surface area (Å²) in [5.41, 5.74) is 0.429. The molecule has 1 heterocycles. The van der Waals surface area contributed by atoms with E-state index in [-0.39, 0.29) is 6.04 Å². The lowest BCUT2D eigenvalue weighted by molar-refractivity contribution is 0.191. The molecule has 1 N–H and O–H groups in total. The second-order valence-electron chi connectivity index (χ2n) is 3.46. The maximum absolute atomic E-state index is 8.81. The fraction of sp³-hybridized carbons (Fsp3) is 0.455. The molecule has 0 spiro atoms. The molecular weight excluding hydrogens is 226 g/mol. The highest BCUT2D eigenvalue weighted by Crippen LogP contribution is 2.23. The highest BCUT2D eigenvalue weighted by Gasteiger charge is 2.09. The molecule has 1 aromatic heterocycles. The monoisotopic (exact) mass is 239 g/mol. The number of nitrogens with zero attached hydrogens (tertiary/aromatic N) is 2. The fourth-order valence-electron chi connectivity index (χ4n) is 1.23. The molecule has 0 fully saturated rings. The number of ether oxygens (including phenoxy) is 1. The first-order valence-electron chi connectivity index (χ1n) is 4.99. The average Bonchev–Trinajstić information content (AvgIpc) is 2.29. The number of hydrogen-bond donors (Lipinski definition) is 1. The Balaban J connectivity index is 2.70. The molecule has 1 aromatic rings. The van der Waals surface area contributed by atoms with E-state index in [1.807, 2.05) is 13.0 Å². The van der Waals surface area contributed by atoms with E-state index in [1.54, 1.807) is 19.4 Å². The second kappa shape index (κ2) is 6.31. The van der Waals surface area contributed by atoms with Crippen LogP contribution in [0.25, 0.3) is 0 Å². The summed E-state index contributed by atoms with van der Waals surface area (Å²) in [6.07, 6.45) is 2.42. The van der Waals surface area contributed by atoms with Gasteiger partial charge in [0.25, 0.3) is 0 Å². The predicted molar refractivity (Wildman–Crippen MR) is 63.5 cm³/mol. The molecule has 0 aliphatic rings. The largest absolute Gasteiger partial charge is 0.385 e. The van der Waals surface area contributed by atoms with Gasteiger partial charge in [-0.2, -0.15) is 5.26 Å². The molecule has 0 radical (unpaired) electrons. The second-order valence-corrected chi connectivity index (χ2v) is 3.84. The Labute approximate surface area is 100 Å². The van der Waals surface area contributed by atoms with E-state index < -0.39 is 0 Å². The van der Waals surface area contributed by atoms with Gasteiger partial charge in [0.1, 0.15) is 16.9 Å². The molecule has 5 heteroatoms. The van der Waals surface area contributed by atoms with Crippen LogP contribution >= 0.6 is 11.6 Å². The van der Waals surface area contributed by atoms with Gasteiger partial charge in [0.05, 0.1) is 5.56 Å². The molecule has 16 heavy (non-hydrogen) atoms. The minimum absolute atomic E-state index is 0.193. The van der Waals surface area contributed by atoms with Crippen LogP contribution in [0.2, 0.25) is 5.02 Å². The van der Waals surface area contributed by atoms with Crippen molar-refractivity contribution in [1.82, 2.24) is 4.98 Å². The van der Waals surface area contributed by atoms with Gasteiger partial charge in [-0.25, -0.2) is 4.98 Å². The average molecular weight is 240 g/mol. The van der Waals surface area contributed by atoms with Crippen LogP contribution in [0.3, 0.4) is 0 Å². The Bertz CT molecular complexity index is 389. The van der Waals surface area contributed by atoms with Gasteiger partial charge in [-0.1, -0.05) is 11.6 Å². The Morgan fingerprint density at radius 1 is 1.69 bits per heavy atom. The number of anilines is 1. The van der Waals surface area contributed by atoms with Crippen molar-refractivity contribution in [2.45, 2.75) is 19.4 Å². The molecule has 0 saturated heterocycles. The van der Waals surface area contributed by atoms with Crippen LogP contribution in [0, 0.1) is 11.3 Å². The van der Waals surface area contributed by atoms with Crippen LogP contribution in [-0.4, -0.2) is 24.7 Å². The van der Waals surface area contributed by atoms with Gasteiger partial charge in [0.2, 0.25) is 0 Å². The SMILES string of the molecule is COCCC(C)Nc1nccc(C#N)c1Cl. The molecule has 1 atom stereocenters. The summed E-state index contributed by atoms with van der Waals surface area (Å²) in [5.74, 6) is 0.546. The number of hydrogen-bond acceptors (Lipinski definition) is 4. The van der Waals surface area contributed by atoms with Gasteiger partial charge in [0, 0.05) is 26.0 Å². The number of rotatable bonds is 5. The van der Waals surface area contributed by atoms with Crippen molar-refractivity contribution < 1.29 is 4.74 Å². The molecule has 0 saturated carbocycles. The Morgan fingerprint density at radius 3 is 3.06 bits per heavy atom. The zero-order valence-electron chi connectivity index (χ0n) is 9.33. The van der Waals surface area contributed by atoms with Crippen molar-refractivity contribution in [3.63, 3.8) is 0 Å². The number of nitriles is 1. The van der Waals surface area contributed by atoms with E-state index in [4.69, 9.17) is 21.6 Å². The fourth-order valence-corrected chi connectivity index (χ4v) is 1.44. The predicted octanol–water partition coefficient (Wildman–Crippen LogP) is 2.44. The van der Waals surface area contributed by atoms with Gasteiger partial charge >= 0.3 is 0 Å². The summed E-state index contributed by atoms with van der Waals surface area (Å²) >= 11 is 6.01. The molecule has 1 rings (SSSR count). The molecule has 0 bridgehead atoms. The van der Waals surface area contributed by atoms with Gasteiger partial charge in [0.15, 0.2) is 0 Å². The van der Waals surface area contributed by atoms with Crippen LogP contribution in [0.4, 0.5) is 5.82 Å². The Hall–Kier alpha value is -1.31. The maximum atomic E-state index is 8.81. The van der Waals surface area contributed by atoms with Gasteiger partial charge in [-0.3, -0.25) is 0 Å². The van der Waals surface area contributed by atoms with Crippen LogP contribution in [0.1, 0.15) is 18.9 Å². The lowest BCUT2D eigenvalue weighted by Gasteiger charge is -2.15. The topological polar surface area (TPSA) is 57.9 Å². The van der Waals surface area contributed by atoms with Gasteiger partial charge < -0.3 is 10.1 Å². The third-order valence-corrected chi connectivity index (χ3v) is 2.53. The molecule has 0 amide bonds. The number of methoxy groups -OCH3 is 1. The van der Waals surface area contributed by atoms with Gasteiger partial charge in [-0.05, 0) is 19.4 Å². The number of pyridine rings is 1. The molecule has 4 nitrogen and oxygen atoms in total. The van der Waals surface area contributed by atoms with Crippen LogP contribution in [-0.2, 0) is 4.74 Å². The van der Waals surface area contributed by atoms with Crippen molar-refractivity contribution >= 4 is 17.4 Å². The normalized spacial score (nSPS) is 11.9. The standard InChI is InChI=1S/C11H14ClN3O/c1-8(4-6-16-2)15-11-10(12)9(7-13)3-5-14-11/h3,5,8H,4,6H2,1-2H3,(H,14,15). The zero-order chi connectivity index (χ0) is 12.0. The summed E-state index contributed by atoms with van der Waals surface area (Å²) in [4.78, 5) is 4.10. The lowest BCUT2D eigenvalue weighted by Crippen LogP contribution is -2.18. The van der Waals surface area contributed by atoms with Crippen molar-refractivity contribution in [1.29, 1.82) is 5.26 Å². The minimum atomic E-state index is 0.193. The van der Waals surface area contributed by atoms with Crippen molar-refractivity contribution in [2.24, 2.45) is 0 Å². The smallest absolute Gasteiger partial charge is 0.146 e. The summed E-state index contributed by atoms with van der Waals surface area (Å²) in [6, 6.07) is 3.80. The molecular formula is C11H14ClN3O. The van der Waals surface area contributed by atoms with Crippen molar-refractivity contribution in [2.75, 3.05) is 19.0 Å². The Kier molecular flexibility index (Phi) is 5.03. The van der Waals surface area contributed by atoms with E-state index in [2.05, 4.69) is 10.3 Å². The van der Waals surface area contributed by atoms with Crippen LogP contribution < -0.4 is 5.32 Å². The third-order valence-electron chi connectivity index (χ3n) is 2.15. The molecule has 86 valence electrons. The quantitative estimate of drug-likeness (QED) is 0.858. The van der Waals surface area contributed by atoms with E-state index in [1.165, 1.54) is 0 Å². The number of nitrogens with one attached hydrogen (secondary N) is 1. The van der Waals surface area contributed by atoms with Gasteiger partial charge in [-0.15, -0.1) is 0 Å². The highest BCUT2D eigenvalue weighted by molar-refractivity contribution is 6.34. The first-order chi connectivity index (χ1) is 7.69. The number of aromatic nitrogens is 1.